The third kappa shape index (κ3) is 2.95. The fourth-order valence-electron chi connectivity index (χ4n) is 0.963. The summed E-state index contributed by atoms with van der Waals surface area (Å²) in [4.78, 5) is 24.1. The average molecular weight is 228 g/mol. The molecular formula is C9H12N2O3S. The zero-order valence-corrected chi connectivity index (χ0v) is 9.25. The molecule has 0 saturated heterocycles. The highest BCUT2D eigenvalue weighted by molar-refractivity contribution is 7.10. The van der Waals surface area contributed by atoms with E-state index in [0.29, 0.717) is 4.88 Å². The van der Waals surface area contributed by atoms with Gasteiger partial charge in [-0.25, -0.2) is 9.59 Å². The first-order valence-electron chi connectivity index (χ1n) is 4.26. The van der Waals surface area contributed by atoms with Crippen LogP contribution in [0.5, 0.6) is 0 Å². The molecule has 0 radical (unpaired) electrons. The van der Waals surface area contributed by atoms with Crippen LogP contribution in [0.15, 0.2) is 17.5 Å². The number of urea groups is 1. The molecule has 1 aromatic heterocycles. The Hall–Kier alpha value is -1.56. The Kier molecular flexibility index (Phi) is 3.68. The third-order valence-corrected chi connectivity index (χ3v) is 2.69. The monoisotopic (exact) mass is 228 g/mol. The maximum absolute atomic E-state index is 11.3. The smallest absolute Gasteiger partial charge is 0.331 e. The van der Waals surface area contributed by atoms with E-state index in [0.717, 1.165) is 0 Å². The minimum absolute atomic E-state index is 0.421. The van der Waals surface area contributed by atoms with Crippen LogP contribution in [0.4, 0.5) is 4.79 Å². The summed E-state index contributed by atoms with van der Waals surface area (Å²) in [7, 11) is 3.12. The van der Waals surface area contributed by atoms with Crippen LogP contribution in [0.3, 0.4) is 0 Å². The number of rotatable bonds is 3. The summed E-state index contributed by atoms with van der Waals surface area (Å²) in [6.45, 7) is 0. The molecule has 6 heteroatoms. The Labute approximate surface area is 91.3 Å². The van der Waals surface area contributed by atoms with E-state index in [-0.39, 0.29) is 0 Å². The van der Waals surface area contributed by atoms with Crippen molar-refractivity contribution in [1.29, 1.82) is 0 Å². The number of carboxylic acid groups (broad SMARTS) is 1. The van der Waals surface area contributed by atoms with Crippen LogP contribution in [-0.2, 0) is 4.79 Å². The molecule has 2 N–H and O–H groups in total. The Bertz CT molecular complexity index is 348. The second kappa shape index (κ2) is 4.79. The highest BCUT2D eigenvalue weighted by Gasteiger charge is 2.23. The zero-order valence-electron chi connectivity index (χ0n) is 8.43. The lowest BCUT2D eigenvalue weighted by Crippen LogP contribution is -2.39. The van der Waals surface area contributed by atoms with Gasteiger partial charge in [-0.3, -0.25) is 0 Å². The average Bonchev–Trinajstić information content (AvgIpc) is 2.65. The van der Waals surface area contributed by atoms with Gasteiger partial charge in [-0.1, -0.05) is 6.07 Å². The minimum Gasteiger partial charge on any atom is -0.479 e. The predicted molar refractivity (Wildman–Crippen MR) is 56.9 cm³/mol. The van der Waals surface area contributed by atoms with Gasteiger partial charge in [0.05, 0.1) is 0 Å². The van der Waals surface area contributed by atoms with Gasteiger partial charge in [-0.05, 0) is 11.4 Å². The van der Waals surface area contributed by atoms with Crippen LogP contribution >= 0.6 is 11.3 Å². The number of carboxylic acids is 1. The van der Waals surface area contributed by atoms with Crippen molar-refractivity contribution in [2.75, 3.05) is 14.1 Å². The van der Waals surface area contributed by atoms with E-state index in [1.165, 1.54) is 16.2 Å². The molecular weight excluding hydrogens is 216 g/mol. The van der Waals surface area contributed by atoms with Crippen molar-refractivity contribution < 1.29 is 14.7 Å². The summed E-state index contributed by atoms with van der Waals surface area (Å²) < 4.78 is 0. The van der Waals surface area contributed by atoms with Crippen LogP contribution in [0, 0.1) is 0 Å². The molecule has 82 valence electrons. The SMILES string of the molecule is CN(C)C(=O)NC(C(=O)O)c1cccs1. The Morgan fingerprint density at radius 1 is 1.53 bits per heavy atom. The first kappa shape index (κ1) is 11.5. The van der Waals surface area contributed by atoms with Gasteiger partial charge in [0, 0.05) is 19.0 Å². The second-order valence-corrected chi connectivity index (χ2v) is 4.11. The van der Waals surface area contributed by atoms with Gasteiger partial charge in [-0.15, -0.1) is 11.3 Å². The lowest BCUT2D eigenvalue weighted by Gasteiger charge is -2.16. The summed E-state index contributed by atoms with van der Waals surface area (Å²) in [6.07, 6.45) is 0. The van der Waals surface area contributed by atoms with E-state index in [2.05, 4.69) is 5.32 Å². The number of thiophene rings is 1. The van der Waals surface area contributed by atoms with Gasteiger partial charge < -0.3 is 15.3 Å². The molecule has 1 heterocycles. The molecule has 1 aromatic rings. The van der Waals surface area contributed by atoms with Gasteiger partial charge in [0.15, 0.2) is 6.04 Å². The quantitative estimate of drug-likeness (QED) is 0.815. The number of carbonyl (C=O) groups excluding carboxylic acids is 1. The summed E-state index contributed by atoms with van der Waals surface area (Å²) in [6, 6.07) is 2.03. The number of hydrogen-bond acceptors (Lipinski definition) is 3. The third-order valence-electron chi connectivity index (χ3n) is 1.75. The summed E-state index contributed by atoms with van der Waals surface area (Å²) >= 11 is 1.30. The van der Waals surface area contributed by atoms with Crippen molar-refractivity contribution >= 4 is 23.3 Å². The topological polar surface area (TPSA) is 69.6 Å². The first-order valence-corrected chi connectivity index (χ1v) is 5.14. The molecule has 0 bridgehead atoms. The molecule has 0 aliphatic carbocycles. The molecule has 1 rings (SSSR count). The lowest BCUT2D eigenvalue weighted by atomic mass is 10.2. The molecule has 15 heavy (non-hydrogen) atoms. The molecule has 0 saturated carbocycles. The van der Waals surface area contributed by atoms with Gasteiger partial charge >= 0.3 is 12.0 Å². The van der Waals surface area contributed by atoms with Crippen molar-refractivity contribution in [1.82, 2.24) is 10.2 Å². The normalized spacial score (nSPS) is 11.9. The van der Waals surface area contributed by atoms with Crippen LogP contribution < -0.4 is 5.32 Å². The molecule has 5 nitrogen and oxygen atoms in total. The van der Waals surface area contributed by atoms with Crippen molar-refractivity contribution in [2.24, 2.45) is 0 Å². The molecule has 1 unspecified atom stereocenters. The number of hydrogen-bond donors (Lipinski definition) is 2. The summed E-state index contributed by atoms with van der Waals surface area (Å²) in [5.41, 5.74) is 0. The number of amides is 2. The molecule has 0 spiro atoms. The molecule has 0 fully saturated rings. The Morgan fingerprint density at radius 2 is 2.20 bits per heavy atom. The van der Waals surface area contributed by atoms with Crippen LogP contribution in [0.25, 0.3) is 0 Å². The molecule has 0 aliphatic heterocycles. The van der Waals surface area contributed by atoms with Gasteiger partial charge in [-0.2, -0.15) is 0 Å². The van der Waals surface area contributed by atoms with E-state index >= 15 is 0 Å². The number of aliphatic carboxylic acids is 1. The first-order chi connectivity index (χ1) is 7.02. The minimum atomic E-state index is -1.06. The van der Waals surface area contributed by atoms with Gasteiger partial charge in [0.2, 0.25) is 0 Å². The molecule has 2 amide bonds. The maximum Gasteiger partial charge on any atom is 0.331 e. The Balaban J connectivity index is 2.77. The van der Waals surface area contributed by atoms with Crippen molar-refractivity contribution in [3.05, 3.63) is 22.4 Å². The summed E-state index contributed by atoms with van der Waals surface area (Å²) in [5.74, 6) is -1.06. The van der Waals surface area contributed by atoms with E-state index in [1.807, 2.05) is 0 Å². The predicted octanol–water partition coefficient (Wildman–Crippen LogP) is 1.14. The van der Waals surface area contributed by atoms with Gasteiger partial charge in [0.1, 0.15) is 0 Å². The second-order valence-electron chi connectivity index (χ2n) is 3.13. The maximum atomic E-state index is 11.3. The standard InChI is InChI=1S/C9H12N2O3S/c1-11(2)9(14)10-7(8(12)13)6-4-3-5-15-6/h3-5,7H,1-2H3,(H,10,14)(H,12,13). The Morgan fingerprint density at radius 3 is 2.60 bits per heavy atom. The molecule has 0 aromatic carbocycles. The number of nitrogens with zero attached hydrogens (tertiary/aromatic N) is 1. The zero-order chi connectivity index (χ0) is 11.4. The van der Waals surface area contributed by atoms with Crippen LogP contribution in [0.1, 0.15) is 10.9 Å². The number of nitrogens with one attached hydrogen (secondary N) is 1. The highest BCUT2D eigenvalue weighted by Crippen LogP contribution is 2.19. The fourth-order valence-corrected chi connectivity index (χ4v) is 1.73. The van der Waals surface area contributed by atoms with Crippen LogP contribution in [-0.4, -0.2) is 36.1 Å². The molecule has 0 aliphatic rings. The van der Waals surface area contributed by atoms with E-state index in [4.69, 9.17) is 5.11 Å². The van der Waals surface area contributed by atoms with Crippen molar-refractivity contribution in [2.45, 2.75) is 6.04 Å². The largest absolute Gasteiger partial charge is 0.479 e. The highest BCUT2D eigenvalue weighted by atomic mass is 32.1. The van der Waals surface area contributed by atoms with E-state index < -0.39 is 18.0 Å². The van der Waals surface area contributed by atoms with Gasteiger partial charge in [0.25, 0.3) is 0 Å². The van der Waals surface area contributed by atoms with E-state index in [9.17, 15) is 9.59 Å². The fraction of sp³-hybridized carbons (Fsp3) is 0.333. The van der Waals surface area contributed by atoms with Crippen LogP contribution in [0.2, 0.25) is 0 Å². The van der Waals surface area contributed by atoms with E-state index in [1.54, 1.807) is 31.6 Å². The number of carbonyl (C=O) groups is 2. The summed E-state index contributed by atoms with van der Waals surface area (Å²) in [5, 5.41) is 13.1. The molecule has 1 atom stereocenters. The lowest BCUT2D eigenvalue weighted by molar-refractivity contribution is -0.139. The van der Waals surface area contributed by atoms with Crippen molar-refractivity contribution in [3.8, 4) is 0 Å². The van der Waals surface area contributed by atoms with Crippen molar-refractivity contribution in [3.63, 3.8) is 0 Å².